The average Bonchev–Trinajstić information content (AvgIpc) is 2.85. The smallest absolute Gasteiger partial charge is 0.264 e. The third-order valence-corrected chi connectivity index (χ3v) is 7.28. The molecule has 0 aliphatic carbocycles. The van der Waals surface area contributed by atoms with Crippen LogP contribution in [0.1, 0.15) is 24.2 Å². The van der Waals surface area contributed by atoms with Crippen molar-refractivity contribution in [3.8, 4) is 5.75 Å². The van der Waals surface area contributed by atoms with E-state index >= 15 is 0 Å². The fourth-order valence-electron chi connectivity index (χ4n) is 3.51. The van der Waals surface area contributed by atoms with Gasteiger partial charge in [0.2, 0.25) is 0 Å². The lowest BCUT2D eigenvalue weighted by molar-refractivity contribution is 0.0978. The first kappa shape index (κ1) is 28.2. The summed E-state index contributed by atoms with van der Waals surface area (Å²) < 4.78 is 47.9. The number of sulfonamides is 1. The molecule has 3 aromatic carbocycles. The summed E-state index contributed by atoms with van der Waals surface area (Å²) in [6, 6.07) is 14.6. The SMILES string of the molecule is CCN(CC)c1ccc(NC(=S)NC(=O)c2ccc(F)cc2Cl)cc1S(=O)(=O)Nc1ccc(OC)cc1. The number of rotatable bonds is 9. The molecular formula is C25H26ClFN4O4S2. The summed E-state index contributed by atoms with van der Waals surface area (Å²) in [5.74, 6) is -0.626. The van der Waals surface area contributed by atoms with Crippen molar-refractivity contribution >= 4 is 61.9 Å². The fourth-order valence-corrected chi connectivity index (χ4v) is 5.28. The highest BCUT2D eigenvalue weighted by Gasteiger charge is 2.23. The number of amides is 1. The van der Waals surface area contributed by atoms with Crippen LogP contribution >= 0.6 is 23.8 Å². The van der Waals surface area contributed by atoms with E-state index in [1.54, 1.807) is 36.4 Å². The minimum Gasteiger partial charge on any atom is -0.497 e. The molecule has 0 saturated carbocycles. The van der Waals surface area contributed by atoms with E-state index in [4.69, 9.17) is 28.6 Å². The Hall–Kier alpha value is -3.41. The highest BCUT2D eigenvalue weighted by molar-refractivity contribution is 7.93. The lowest BCUT2D eigenvalue weighted by Gasteiger charge is -2.25. The van der Waals surface area contributed by atoms with Gasteiger partial charge in [0, 0.05) is 24.5 Å². The van der Waals surface area contributed by atoms with Gasteiger partial charge >= 0.3 is 0 Å². The number of nitrogens with zero attached hydrogens (tertiary/aromatic N) is 1. The van der Waals surface area contributed by atoms with Crippen molar-refractivity contribution in [1.82, 2.24) is 5.32 Å². The molecular weight excluding hydrogens is 539 g/mol. The van der Waals surface area contributed by atoms with Crippen LogP contribution in [0.5, 0.6) is 5.75 Å². The van der Waals surface area contributed by atoms with E-state index in [1.165, 1.54) is 19.2 Å². The van der Waals surface area contributed by atoms with Crippen LogP contribution in [0.2, 0.25) is 5.02 Å². The van der Waals surface area contributed by atoms with E-state index in [0.29, 0.717) is 35.9 Å². The van der Waals surface area contributed by atoms with Crippen molar-refractivity contribution in [3.63, 3.8) is 0 Å². The largest absolute Gasteiger partial charge is 0.497 e. The zero-order valence-corrected chi connectivity index (χ0v) is 22.7. The molecule has 0 aliphatic rings. The number of carbonyl (C=O) groups excluding carboxylic acids is 1. The number of benzene rings is 3. The highest BCUT2D eigenvalue weighted by Crippen LogP contribution is 2.30. The quantitative estimate of drug-likeness (QED) is 0.305. The van der Waals surface area contributed by atoms with E-state index in [9.17, 15) is 17.6 Å². The van der Waals surface area contributed by atoms with E-state index in [2.05, 4.69) is 15.4 Å². The molecule has 12 heteroatoms. The molecule has 3 aromatic rings. The molecule has 3 N–H and O–H groups in total. The number of ether oxygens (including phenoxy) is 1. The summed E-state index contributed by atoms with van der Waals surface area (Å²) in [7, 11) is -2.50. The summed E-state index contributed by atoms with van der Waals surface area (Å²) in [4.78, 5) is 14.4. The summed E-state index contributed by atoms with van der Waals surface area (Å²) in [5.41, 5.74) is 1.24. The minimum atomic E-state index is -4.02. The summed E-state index contributed by atoms with van der Waals surface area (Å²) in [6.45, 7) is 5.02. The summed E-state index contributed by atoms with van der Waals surface area (Å²) >= 11 is 11.2. The monoisotopic (exact) mass is 564 g/mol. The lowest BCUT2D eigenvalue weighted by Crippen LogP contribution is -2.34. The predicted octanol–water partition coefficient (Wildman–Crippen LogP) is 5.26. The maximum Gasteiger partial charge on any atom is 0.264 e. The Balaban J connectivity index is 1.87. The van der Waals surface area contributed by atoms with Gasteiger partial charge in [-0.2, -0.15) is 0 Å². The van der Waals surface area contributed by atoms with Gasteiger partial charge in [0.1, 0.15) is 16.5 Å². The topological polar surface area (TPSA) is 99.8 Å². The van der Waals surface area contributed by atoms with Gasteiger partial charge in [-0.3, -0.25) is 14.8 Å². The van der Waals surface area contributed by atoms with Gasteiger partial charge in [-0.15, -0.1) is 0 Å². The number of thiocarbonyl (C=S) groups is 1. The van der Waals surface area contributed by atoms with E-state index in [1.807, 2.05) is 18.7 Å². The van der Waals surface area contributed by atoms with Crippen LogP contribution in [0.3, 0.4) is 0 Å². The van der Waals surface area contributed by atoms with Crippen LogP contribution in [0, 0.1) is 5.82 Å². The van der Waals surface area contributed by atoms with Crippen molar-refractivity contribution in [1.29, 1.82) is 0 Å². The van der Waals surface area contributed by atoms with Crippen LogP contribution < -0.4 is 25.0 Å². The van der Waals surface area contributed by atoms with Crippen molar-refractivity contribution in [2.45, 2.75) is 18.7 Å². The second-order valence-electron chi connectivity index (χ2n) is 7.72. The molecule has 1 amide bonds. The first-order valence-electron chi connectivity index (χ1n) is 11.2. The Morgan fingerprint density at radius 1 is 1.03 bits per heavy atom. The molecule has 37 heavy (non-hydrogen) atoms. The molecule has 0 aromatic heterocycles. The predicted molar refractivity (Wildman–Crippen MR) is 149 cm³/mol. The van der Waals surface area contributed by atoms with Crippen molar-refractivity contribution < 1.29 is 22.3 Å². The van der Waals surface area contributed by atoms with Gasteiger partial charge in [0.15, 0.2) is 5.11 Å². The molecule has 3 rings (SSSR count). The Bertz CT molecular complexity index is 1400. The number of methoxy groups -OCH3 is 1. The Morgan fingerprint density at radius 3 is 2.27 bits per heavy atom. The first-order valence-corrected chi connectivity index (χ1v) is 13.5. The molecule has 0 fully saturated rings. The van der Waals surface area contributed by atoms with Crippen molar-refractivity contribution in [2.75, 3.05) is 35.1 Å². The lowest BCUT2D eigenvalue weighted by atomic mass is 10.2. The molecule has 0 unspecified atom stereocenters. The molecule has 0 atom stereocenters. The molecule has 196 valence electrons. The number of carbonyl (C=O) groups is 1. The maximum atomic E-state index is 13.4. The third kappa shape index (κ3) is 7.09. The zero-order valence-electron chi connectivity index (χ0n) is 20.3. The van der Waals surface area contributed by atoms with Crippen molar-refractivity contribution in [2.24, 2.45) is 0 Å². The number of halogens is 2. The van der Waals surface area contributed by atoms with Crippen LogP contribution in [0.15, 0.2) is 65.6 Å². The number of anilines is 3. The minimum absolute atomic E-state index is 0.0210. The van der Waals surface area contributed by atoms with Gasteiger partial charge in [0.05, 0.1) is 23.4 Å². The first-order chi connectivity index (χ1) is 17.6. The fraction of sp³-hybridized carbons (Fsp3) is 0.200. The normalized spacial score (nSPS) is 10.9. The van der Waals surface area contributed by atoms with E-state index < -0.39 is 21.7 Å². The third-order valence-electron chi connectivity index (χ3n) is 5.36. The second-order valence-corrected chi connectivity index (χ2v) is 10.2. The molecule has 0 heterocycles. The van der Waals surface area contributed by atoms with Crippen LogP contribution in [-0.4, -0.2) is 39.6 Å². The number of nitrogens with one attached hydrogen (secondary N) is 3. The highest BCUT2D eigenvalue weighted by atomic mass is 35.5. The maximum absolute atomic E-state index is 13.4. The second kappa shape index (κ2) is 12.2. The Morgan fingerprint density at radius 2 is 1.68 bits per heavy atom. The summed E-state index contributed by atoms with van der Waals surface area (Å²) in [6.07, 6.45) is 0. The molecule has 0 spiro atoms. The Kier molecular flexibility index (Phi) is 9.30. The standard InChI is InChI=1S/C25H26ClFN4O4S2/c1-4-31(5-2)22-13-9-18(28-25(36)29-24(32)20-12-6-16(27)14-21(20)26)15-23(22)37(33,34)30-17-7-10-19(35-3)11-8-17/h6-15,30H,4-5H2,1-3H3,(H2,28,29,32,36). The van der Waals surface area contributed by atoms with Crippen molar-refractivity contribution in [3.05, 3.63) is 77.1 Å². The number of hydrogen-bond acceptors (Lipinski definition) is 6. The van der Waals surface area contributed by atoms with Crippen LogP contribution in [-0.2, 0) is 10.0 Å². The van der Waals surface area contributed by atoms with Gasteiger partial charge < -0.3 is 15.0 Å². The van der Waals surface area contributed by atoms with Gasteiger partial charge in [0.25, 0.3) is 15.9 Å². The van der Waals surface area contributed by atoms with Crippen LogP contribution in [0.4, 0.5) is 21.5 Å². The molecule has 0 bridgehead atoms. The van der Waals surface area contributed by atoms with Gasteiger partial charge in [-0.1, -0.05) is 11.6 Å². The van der Waals surface area contributed by atoms with Gasteiger partial charge in [-0.25, -0.2) is 12.8 Å². The zero-order chi connectivity index (χ0) is 27.2. The molecule has 0 saturated heterocycles. The van der Waals surface area contributed by atoms with Gasteiger partial charge in [-0.05, 0) is 86.7 Å². The van der Waals surface area contributed by atoms with E-state index in [-0.39, 0.29) is 20.6 Å². The van der Waals surface area contributed by atoms with E-state index in [0.717, 1.165) is 12.1 Å². The Labute approximate surface area is 225 Å². The molecule has 0 radical (unpaired) electrons. The van der Waals surface area contributed by atoms with Crippen LogP contribution in [0.25, 0.3) is 0 Å². The summed E-state index contributed by atoms with van der Waals surface area (Å²) in [5, 5.41) is 5.12. The molecule has 8 nitrogen and oxygen atoms in total. The molecule has 0 aliphatic heterocycles. The average molecular weight is 565 g/mol. The number of hydrogen-bond donors (Lipinski definition) is 3.